The predicted molar refractivity (Wildman–Crippen MR) is 86.2 cm³/mol. The van der Waals surface area contributed by atoms with Crippen LogP contribution in [0.25, 0.3) is 0 Å². The van der Waals surface area contributed by atoms with Gasteiger partial charge in [0.15, 0.2) is 11.6 Å². The topological polar surface area (TPSA) is 63.6 Å². The highest BCUT2D eigenvalue weighted by Crippen LogP contribution is 2.30. The lowest BCUT2D eigenvalue weighted by molar-refractivity contribution is -0.119. The molecule has 0 bridgehead atoms. The van der Waals surface area contributed by atoms with Crippen LogP contribution < -0.4 is 0 Å². The van der Waals surface area contributed by atoms with Crippen LogP contribution in [0, 0.1) is 0 Å². The van der Waals surface area contributed by atoms with Crippen LogP contribution in [0.5, 0.6) is 0 Å². The van der Waals surface area contributed by atoms with E-state index in [2.05, 4.69) is 4.99 Å². The summed E-state index contributed by atoms with van der Waals surface area (Å²) >= 11 is 12.2. The van der Waals surface area contributed by atoms with Crippen molar-refractivity contribution < 1.29 is 14.4 Å². The first kappa shape index (κ1) is 16.6. The molecule has 0 saturated carbocycles. The molecule has 4 nitrogen and oxygen atoms in total. The smallest absolute Gasteiger partial charge is 0.203 e. The van der Waals surface area contributed by atoms with E-state index < -0.39 is 11.2 Å². The molecule has 0 aliphatic heterocycles. The lowest BCUT2D eigenvalue weighted by atomic mass is 9.95. The standard InChI is InChI=1S/C16H13Cl2NO3/c1-2-3-13(21)14-11(17)8-12(16(22)15(14)18)19-9-4-6-10(20)7-5-9/h4-8,15H,2-3H2,1H3. The maximum absolute atomic E-state index is 12.3. The van der Waals surface area contributed by atoms with Crippen LogP contribution in [0.3, 0.4) is 0 Å². The zero-order valence-electron chi connectivity index (χ0n) is 11.8. The Labute approximate surface area is 137 Å². The fourth-order valence-corrected chi connectivity index (χ4v) is 2.76. The van der Waals surface area contributed by atoms with Crippen LogP contribution in [0.4, 0.5) is 0 Å². The van der Waals surface area contributed by atoms with E-state index in [0.717, 1.165) is 0 Å². The van der Waals surface area contributed by atoms with Crippen molar-refractivity contribution in [3.63, 3.8) is 0 Å². The Morgan fingerprint density at radius 1 is 1.23 bits per heavy atom. The highest BCUT2D eigenvalue weighted by Gasteiger charge is 2.33. The molecule has 0 aromatic carbocycles. The Morgan fingerprint density at radius 2 is 1.86 bits per heavy atom. The molecule has 0 aromatic heterocycles. The van der Waals surface area contributed by atoms with E-state index in [1.165, 1.54) is 30.4 Å². The number of rotatable bonds is 4. The summed E-state index contributed by atoms with van der Waals surface area (Å²) in [4.78, 5) is 39.4. The van der Waals surface area contributed by atoms with Gasteiger partial charge in [0.05, 0.1) is 10.7 Å². The second-order valence-electron chi connectivity index (χ2n) is 4.80. The predicted octanol–water partition coefficient (Wildman–Crippen LogP) is 3.06. The number of nitrogens with zero attached hydrogens (tertiary/aromatic N) is 1. The first-order chi connectivity index (χ1) is 10.4. The number of ketones is 3. The molecule has 0 heterocycles. The number of carbonyl (C=O) groups excluding carboxylic acids is 3. The number of aliphatic imine (C=N–C) groups is 1. The molecule has 0 aromatic rings. The monoisotopic (exact) mass is 337 g/mol. The fourth-order valence-electron chi connectivity index (χ4n) is 2.03. The summed E-state index contributed by atoms with van der Waals surface area (Å²) in [6.07, 6.45) is 7.96. The van der Waals surface area contributed by atoms with Crippen molar-refractivity contribution in [2.75, 3.05) is 0 Å². The second kappa shape index (κ2) is 6.99. The Kier molecular flexibility index (Phi) is 5.27. The quantitative estimate of drug-likeness (QED) is 0.585. The Bertz CT molecular complexity index is 678. The summed E-state index contributed by atoms with van der Waals surface area (Å²) in [5.41, 5.74) is 0.636. The molecule has 0 spiro atoms. The number of allylic oxidation sites excluding steroid dienone is 8. The maximum atomic E-state index is 12.3. The fraction of sp³-hybridized carbons (Fsp3) is 0.250. The summed E-state index contributed by atoms with van der Waals surface area (Å²) in [6, 6.07) is 0. The lowest BCUT2D eigenvalue weighted by Crippen LogP contribution is -2.27. The van der Waals surface area contributed by atoms with E-state index in [4.69, 9.17) is 23.2 Å². The van der Waals surface area contributed by atoms with Crippen molar-refractivity contribution >= 4 is 46.3 Å². The van der Waals surface area contributed by atoms with Crippen molar-refractivity contribution in [2.24, 2.45) is 4.99 Å². The van der Waals surface area contributed by atoms with Gasteiger partial charge in [-0.05, 0) is 36.8 Å². The lowest BCUT2D eigenvalue weighted by Gasteiger charge is -2.18. The number of Topliss-reactive ketones (excluding diaryl/α,β-unsaturated/α-hetero) is 2. The van der Waals surface area contributed by atoms with E-state index in [0.29, 0.717) is 12.1 Å². The van der Waals surface area contributed by atoms with E-state index in [-0.39, 0.29) is 34.3 Å². The molecule has 0 N–H and O–H groups in total. The van der Waals surface area contributed by atoms with E-state index >= 15 is 0 Å². The minimum atomic E-state index is -1.13. The van der Waals surface area contributed by atoms with Crippen LogP contribution in [-0.2, 0) is 14.4 Å². The van der Waals surface area contributed by atoms with Gasteiger partial charge in [0.1, 0.15) is 11.1 Å². The molecule has 0 radical (unpaired) electrons. The van der Waals surface area contributed by atoms with E-state index in [1.54, 1.807) is 0 Å². The molecule has 2 aliphatic carbocycles. The van der Waals surface area contributed by atoms with Gasteiger partial charge in [0.25, 0.3) is 0 Å². The van der Waals surface area contributed by atoms with E-state index in [1.807, 2.05) is 6.92 Å². The van der Waals surface area contributed by atoms with Crippen molar-refractivity contribution in [3.05, 3.63) is 46.7 Å². The Balaban J connectivity index is 2.37. The molecule has 22 heavy (non-hydrogen) atoms. The van der Waals surface area contributed by atoms with Crippen molar-refractivity contribution in [3.8, 4) is 0 Å². The van der Waals surface area contributed by atoms with Crippen LogP contribution in [0.15, 0.2) is 51.7 Å². The largest absolute Gasteiger partial charge is 0.294 e. The second-order valence-corrected chi connectivity index (χ2v) is 5.64. The summed E-state index contributed by atoms with van der Waals surface area (Å²) in [7, 11) is 0. The Hall–Kier alpha value is -1.78. The van der Waals surface area contributed by atoms with Gasteiger partial charge in [0.2, 0.25) is 5.78 Å². The maximum Gasteiger partial charge on any atom is 0.203 e. The molecule has 114 valence electrons. The number of hydrogen-bond acceptors (Lipinski definition) is 4. The number of alkyl halides is 1. The summed E-state index contributed by atoms with van der Waals surface area (Å²) < 4.78 is 0. The van der Waals surface area contributed by atoms with Crippen LogP contribution in [0.1, 0.15) is 19.8 Å². The molecule has 2 rings (SSSR count). The first-order valence-electron chi connectivity index (χ1n) is 6.75. The van der Waals surface area contributed by atoms with Crippen molar-refractivity contribution in [1.29, 1.82) is 0 Å². The SMILES string of the molecule is CCCC(=O)C1=C(Cl)C=C(N=C2C=CC(=O)C=C2)C(=O)C1Cl. The third-order valence-electron chi connectivity index (χ3n) is 3.12. The van der Waals surface area contributed by atoms with Gasteiger partial charge in [0, 0.05) is 12.0 Å². The molecule has 1 atom stereocenters. The summed E-state index contributed by atoms with van der Waals surface area (Å²) in [6.45, 7) is 1.86. The van der Waals surface area contributed by atoms with Gasteiger partial charge in [-0.3, -0.25) is 14.4 Å². The minimum Gasteiger partial charge on any atom is -0.294 e. The zero-order valence-corrected chi connectivity index (χ0v) is 13.3. The van der Waals surface area contributed by atoms with Crippen LogP contribution in [0.2, 0.25) is 0 Å². The van der Waals surface area contributed by atoms with Gasteiger partial charge in [-0.2, -0.15) is 0 Å². The van der Waals surface area contributed by atoms with Crippen LogP contribution in [-0.4, -0.2) is 28.4 Å². The molecule has 6 heteroatoms. The highest BCUT2D eigenvalue weighted by atomic mass is 35.5. The number of halogens is 2. The molecular weight excluding hydrogens is 325 g/mol. The van der Waals surface area contributed by atoms with Gasteiger partial charge in [-0.1, -0.05) is 18.5 Å². The summed E-state index contributed by atoms with van der Waals surface area (Å²) in [5.74, 6) is -0.855. The average Bonchev–Trinajstić information content (AvgIpc) is 2.47. The van der Waals surface area contributed by atoms with Crippen molar-refractivity contribution in [2.45, 2.75) is 25.1 Å². The van der Waals surface area contributed by atoms with Gasteiger partial charge in [-0.25, -0.2) is 4.99 Å². The van der Waals surface area contributed by atoms with Gasteiger partial charge < -0.3 is 0 Å². The molecule has 2 aliphatic rings. The zero-order chi connectivity index (χ0) is 16.3. The highest BCUT2D eigenvalue weighted by molar-refractivity contribution is 6.44. The van der Waals surface area contributed by atoms with Gasteiger partial charge >= 0.3 is 0 Å². The van der Waals surface area contributed by atoms with Gasteiger partial charge in [-0.15, -0.1) is 11.6 Å². The summed E-state index contributed by atoms with van der Waals surface area (Å²) in [5, 5.41) is -0.994. The van der Waals surface area contributed by atoms with E-state index in [9.17, 15) is 14.4 Å². The normalized spacial score (nSPS) is 21.3. The first-order valence-corrected chi connectivity index (χ1v) is 7.57. The third kappa shape index (κ3) is 3.51. The average molecular weight is 338 g/mol. The molecular formula is C16H13Cl2NO3. The number of carbonyl (C=O) groups is 3. The third-order valence-corrected chi connectivity index (χ3v) is 3.85. The minimum absolute atomic E-state index is 0.0664. The molecule has 0 amide bonds. The number of hydrogen-bond donors (Lipinski definition) is 0. The van der Waals surface area contributed by atoms with Crippen molar-refractivity contribution in [1.82, 2.24) is 0 Å². The molecule has 1 unspecified atom stereocenters. The van der Waals surface area contributed by atoms with Crippen LogP contribution >= 0.6 is 23.2 Å². The molecule has 0 saturated heterocycles. The Morgan fingerprint density at radius 3 is 2.45 bits per heavy atom. The molecule has 0 fully saturated rings.